The summed E-state index contributed by atoms with van der Waals surface area (Å²) in [7, 11) is 10.3. The number of aromatic nitrogens is 5. The van der Waals surface area contributed by atoms with Gasteiger partial charge in [-0.1, -0.05) is 262 Å². The fourth-order valence-corrected chi connectivity index (χ4v) is 19.7. The molecule has 0 bridgehead atoms. The minimum atomic E-state index is 0.237. The molecular weight excluding hydrogens is 1560 g/mol. The predicted molar refractivity (Wildman–Crippen MR) is 554 cm³/mol. The Hall–Kier alpha value is -13.4. The third-order valence-electron chi connectivity index (χ3n) is 27.6. The standard InChI is InChI=1S/2C27H30N.C24H24N.2C23H22N/c1-16(2)21-10-11-24-22(15-21)8-9-23-14-19(5)28(7)27(26(23)24)25-13-17(3)12-18(4)20(25)6;1-16(2)22-9-8-10-24-23(22)12-11-21-15-19(5)28(7)27(26(21)24)25-14-17(3)13-18(4)20(25)6;1-15-12-16(2)18(4)22(13-15)24-23-20(14-17(3)25(24)5)11-10-19-8-6-7-9-21(19)23;1-15-13-16(2)17(3)21(14-15)23-22-19(11-12-24(23)4)10-9-18-7-5-6-8-20(18)22;1-15-9-10-16(2)21(13-15)23-22-19(14-17(3)24(23)4)12-11-18-7-5-6-8-20(18)22/h2*8-16H,1-7H3;6-14H,1-5H3;2*5-14H,1-4H3/q5*+1/i14D;15D;14D;11D,12D;14D. The van der Waals surface area contributed by atoms with Crippen LogP contribution in [-0.2, 0) is 35.2 Å². The summed E-state index contributed by atoms with van der Waals surface area (Å²) in [5.41, 5.74) is 36.5. The maximum absolute atomic E-state index is 8.82. The average Bonchev–Trinajstić information content (AvgIpc) is 0.737. The molecule has 15 aromatic carbocycles. The van der Waals surface area contributed by atoms with Gasteiger partial charge in [0.1, 0.15) is 36.6 Å². The quantitative estimate of drug-likeness (QED) is 0.112. The summed E-state index contributed by atoms with van der Waals surface area (Å²) >= 11 is 0. The number of benzene rings is 15. The summed E-state index contributed by atoms with van der Waals surface area (Å²) in [6.45, 7) is 47.5. The van der Waals surface area contributed by atoms with Gasteiger partial charge in [-0.15, -0.1) is 0 Å². The van der Waals surface area contributed by atoms with Crippen molar-refractivity contribution in [1.82, 2.24) is 0 Å². The zero-order valence-corrected chi connectivity index (χ0v) is 80.9. The second kappa shape index (κ2) is 36.1. The zero-order valence-electron chi connectivity index (χ0n) is 86.9. The number of hydrogen-bond donors (Lipinski definition) is 0. The normalized spacial score (nSPS) is 12.2. The van der Waals surface area contributed by atoms with Crippen molar-refractivity contribution < 1.29 is 31.1 Å². The average molecular weight is 1690 g/mol. The van der Waals surface area contributed by atoms with E-state index in [0.29, 0.717) is 36.0 Å². The molecule has 0 unspecified atom stereocenters. The van der Waals surface area contributed by atoms with E-state index in [1.807, 2.05) is 49.7 Å². The predicted octanol–water partition coefficient (Wildman–Crippen LogP) is 30.2. The van der Waals surface area contributed by atoms with Gasteiger partial charge in [-0.05, 0) is 281 Å². The molecule has 5 aromatic heterocycles. The van der Waals surface area contributed by atoms with Gasteiger partial charge in [0.15, 0.2) is 28.9 Å². The Labute approximate surface area is 774 Å². The molecule has 0 atom stereocenters. The molecule has 0 radical (unpaired) electrons. The summed E-state index contributed by atoms with van der Waals surface area (Å²) in [4.78, 5) is 0. The van der Waals surface area contributed by atoms with E-state index < -0.39 is 0 Å². The van der Waals surface area contributed by atoms with Crippen molar-refractivity contribution in [3.63, 3.8) is 0 Å². The first kappa shape index (κ1) is 81.4. The summed E-state index contributed by atoms with van der Waals surface area (Å²) in [5, 5.41) is 22.8. The number of pyridine rings is 5. The topological polar surface area (TPSA) is 19.4 Å². The minimum absolute atomic E-state index is 0.237. The van der Waals surface area contributed by atoms with E-state index in [2.05, 4.69) is 397 Å². The lowest BCUT2D eigenvalue weighted by Crippen LogP contribution is -2.35. The first-order chi connectivity index (χ1) is 64.2. The van der Waals surface area contributed by atoms with Crippen molar-refractivity contribution in [1.29, 1.82) is 0 Å². The lowest BCUT2D eigenvalue weighted by molar-refractivity contribution is -0.665. The van der Waals surface area contributed by atoms with Crippen molar-refractivity contribution in [2.75, 3.05) is 0 Å². The minimum Gasteiger partial charge on any atom is -0.200 e. The van der Waals surface area contributed by atoms with Gasteiger partial charge in [0.05, 0.1) is 56.0 Å². The smallest absolute Gasteiger partial charge is 0.200 e. The van der Waals surface area contributed by atoms with Gasteiger partial charge in [-0.25, -0.2) is 4.57 Å². The van der Waals surface area contributed by atoms with Gasteiger partial charge in [0.25, 0.3) is 0 Å². The van der Waals surface area contributed by atoms with E-state index in [-0.39, 0.29) is 12.2 Å². The molecule has 0 aliphatic carbocycles. The third kappa shape index (κ3) is 16.9. The zero-order chi connectivity index (χ0) is 97.0. The van der Waals surface area contributed by atoms with Crippen LogP contribution in [0, 0.1) is 125 Å². The fourth-order valence-electron chi connectivity index (χ4n) is 19.7. The summed E-state index contributed by atoms with van der Waals surface area (Å²) in [6.07, 6.45) is 0.237. The molecule has 5 heterocycles. The Morgan fingerprint density at radius 1 is 0.233 bits per heavy atom. The SMILES string of the molecule is [2H]c1c(C)[n+](C)c(-c2cc(C)cc(C)c2C)c2c1ccc1c(C(C)C)cccc12.[2H]c1c(C)[n+](C)c(-c2cc(C)cc(C)c2C)c2c1ccc1cc(C(C)C)ccc12.[2H]c1c(C)[n+](C)c(-c2cc(C)cc(C)c2C)c2c1ccc1ccccc12.[2H]c1c(C)[n+](C)c(-c2cc(C)ccc2C)c2c1ccc1ccccc12.[2H]c1c([2H])[n+](C)c(-c2cc(C)cc(C)c2C)c2c1ccc1ccccc12. The Morgan fingerprint density at radius 2 is 0.543 bits per heavy atom. The van der Waals surface area contributed by atoms with Crippen LogP contribution in [0.2, 0.25) is 0 Å². The van der Waals surface area contributed by atoms with Crippen molar-refractivity contribution in [3.05, 3.63) is 385 Å². The number of hydrogen-bond acceptors (Lipinski definition) is 0. The van der Waals surface area contributed by atoms with E-state index >= 15 is 0 Å². The number of aryl methyl sites for hydroxylation is 10. The highest BCUT2D eigenvalue weighted by Gasteiger charge is 2.29. The molecule has 0 saturated carbocycles. The van der Waals surface area contributed by atoms with Gasteiger partial charge in [-0.2, -0.15) is 18.3 Å². The van der Waals surface area contributed by atoms with E-state index in [1.54, 1.807) is 0 Å². The maximum atomic E-state index is 8.82. The number of rotatable bonds is 7. The van der Waals surface area contributed by atoms with Crippen LogP contribution >= 0.6 is 0 Å². The van der Waals surface area contributed by atoms with Crippen LogP contribution in [0.25, 0.3) is 164 Å². The fraction of sp³-hybridized carbons (Fsp3) is 0.234. The molecule has 0 amide bonds. The van der Waals surface area contributed by atoms with Crippen LogP contribution in [0.5, 0.6) is 0 Å². The largest absolute Gasteiger partial charge is 0.221 e. The third-order valence-corrected chi connectivity index (χ3v) is 27.6. The van der Waals surface area contributed by atoms with E-state index in [1.165, 1.54) is 199 Å². The van der Waals surface area contributed by atoms with Crippen LogP contribution in [0.1, 0.15) is 160 Å². The number of nitrogens with zero attached hydrogens (tertiary/aromatic N) is 5. The second-order valence-corrected chi connectivity index (χ2v) is 37.3. The second-order valence-electron chi connectivity index (χ2n) is 37.3. The molecule has 20 aromatic rings. The summed E-state index contributed by atoms with van der Waals surface area (Å²) in [6, 6.07) is 87.2. The number of fused-ring (bicyclic) bond motifs is 15. The molecule has 20 rings (SSSR count). The Balaban J connectivity index is 0.000000123. The molecule has 644 valence electrons. The first-order valence-electron chi connectivity index (χ1n) is 48.7. The van der Waals surface area contributed by atoms with Crippen molar-refractivity contribution in [2.45, 2.75) is 164 Å². The van der Waals surface area contributed by atoms with Crippen LogP contribution in [0.15, 0.2) is 273 Å². The Bertz CT molecular complexity index is 8150. The van der Waals surface area contributed by atoms with Gasteiger partial charge in [0.2, 0.25) is 28.5 Å². The summed E-state index contributed by atoms with van der Waals surface area (Å²) in [5.74, 6) is 0.953. The van der Waals surface area contributed by atoms with Gasteiger partial charge in [-0.3, -0.25) is 0 Å². The molecule has 0 aliphatic heterocycles. The molecule has 0 N–H and O–H groups in total. The van der Waals surface area contributed by atoms with Crippen LogP contribution in [-0.4, -0.2) is 0 Å². The van der Waals surface area contributed by atoms with E-state index in [9.17, 15) is 0 Å². The lowest BCUT2D eigenvalue weighted by Gasteiger charge is -2.16. The van der Waals surface area contributed by atoms with Crippen LogP contribution in [0.3, 0.4) is 0 Å². The monoisotopic (exact) mass is 1690 g/mol. The van der Waals surface area contributed by atoms with Crippen LogP contribution in [0.4, 0.5) is 0 Å². The highest BCUT2D eigenvalue weighted by molar-refractivity contribution is 6.18. The molecule has 0 spiro atoms. The Kier molecular flexibility index (Phi) is 22.8. The van der Waals surface area contributed by atoms with E-state index in [4.69, 9.17) is 8.22 Å². The van der Waals surface area contributed by atoms with Crippen molar-refractivity contribution in [2.24, 2.45) is 35.2 Å². The Morgan fingerprint density at radius 3 is 0.938 bits per heavy atom. The van der Waals surface area contributed by atoms with E-state index in [0.717, 1.165) is 77.1 Å². The first-order valence-corrected chi connectivity index (χ1v) is 45.7. The lowest BCUT2D eigenvalue weighted by atomic mass is 9.89. The van der Waals surface area contributed by atoms with Crippen LogP contribution < -0.4 is 22.8 Å². The molecule has 0 fully saturated rings. The van der Waals surface area contributed by atoms with Gasteiger partial charge < -0.3 is 0 Å². The maximum Gasteiger partial charge on any atom is 0.221 e. The molecule has 5 heteroatoms. The van der Waals surface area contributed by atoms with Gasteiger partial charge >= 0.3 is 0 Å². The van der Waals surface area contributed by atoms with Crippen molar-refractivity contribution >= 4 is 108 Å². The highest BCUT2D eigenvalue weighted by Crippen LogP contribution is 2.43. The van der Waals surface area contributed by atoms with Crippen molar-refractivity contribution in [3.8, 4) is 56.3 Å². The molecule has 0 saturated heterocycles. The molecule has 0 aliphatic rings. The van der Waals surface area contributed by atoms with Gasteiger partial charge in [0, 0.05) is 63.5 Å². The molecule has 5 nitrogen and oxygen atoms in total. The highest BCUT2D eigenvalue weighted by atomic mass is 15.0. The molecular formula is C124H128N5+5. The summed E-state index contributed by atoms with van der Waals surface area (Å²) < 4.78 is 62.6. The molecule has 129 heavy (non-hydrogen) atoms.